The highest BCUT2D eigenvalue weighted by atomic mass is 32.2. The van der Waals surface area contributed by atoms with Crippen LogP contribution in [0.3, 0.4) is 0 Å². The Kier molecular flexibility index (Phi) is 7.75. The molecule has 7 nitrogen and oxygen atoms in total. The molecular formula is C18H19FN4O3S. The van der Waals surface area contributed by atoms with Crippen LogP contribution in [-0.4, -0.2) is 34.1 Å². The lowest BCUT2D eigenvalue weighted by molar-refractivity contribution is -0.120. The standard InChI is InChI=1S/C18H19FN4O3S/c1-2-7-20-15(24)8-14-9-16(25)23-18(22-14)27-11-17(26)21-10-12-3-5-13(19)6-4-12/h2-6,9H,1,7-8,10-11H2,(H,20,24)(H,21,26)(H,22,23,25). The molecule has 0 unspecified atom stereocenters. The molecule has 0 saturated heterocycles. The second-order valence-electron chi connectivity index (χ2n) is 5.50. The Bertz CT molecular complexity index is 868. The first kappa shape index (κ1) is 20.4. The molecule has 0 spiro atoms. The van der Waals surface area contributed by atoms with Crippen LogP contribution in [0, 0.1) is 5.82 Å². The number of nitrogens with one attached hydrogen (secondary N) is 3. The third-order valence-corrected chi connectivity index (χ3v) is 4.17. The zero-order valence-corrected chi connectivity index (χ0v) is 15.3. The molecule has 27 heavy (non-hydrogen) atoms. The fraction of sp³-hybridized carbons (Fsp3) is 0.222. The summed E-state index contributed by atoms with van der Waals surface area (Å²) in [5.74, 6) is -0.841. The van der Waals surface area contributed by atoms with Gasteiger partial charge in [0.05, 0.1) is 17.9 Å². The van der Waals surface area contributed by atoms with Gasteiger partial charge in [-0.3, -0.25) is 14.4 Å². The number of hydrogen-bond donors (Lipinski definition) is 3. The molecule has 1 aromatic heterocycles. The highest BCUT2D eigenvalue weighted by Crippen LogP contribution is 2.11. The quantitative estimate of drug-likeness (QED) is 0.339. The van der Waals surface area contributed by atoms with Gasteiger partial charge in [0, 0.05) is 19.2 Å². The number of halogens is 1. The van der Waals surface area contributed by atoms with E-state index in [1.807, 2.05) is 0 Å². The SMILES string of the molecule is C=CCNC(=O)Cc1cc(=O)[nH]c(SCC(=O)NCc2ccc(F)cc2)n1. The summed E-state index contributed by atoms with van der Waals surface area (Å²) in [5.41, 5.74) is 0.689. The van der Waals surface area contributed by atoms with Crippen molar-refractivity contribution in [2.45, 2.75) is 18.1 Å². The number of H-pyrrole nitrogens is 1. The number of carbonyl (C=O) groups excluding carboxylic acids is 2. The van der Waals surface area contributed by atoms with Gasteiger partial charge in [-0.05, 0) is 17.7 Å². The molecule has 9 heteroatoms. The molecule has 1 aromatic carbocycles. The molecule has 0 aliphatic rings. The van der Waals surface area contributed by atoms with Gasteiger partial charge in [0.1, 0.15) is 5.82 Å². The molecule has 3 N–H and O–H groups in total. The van der Waals surface area contributed by atoms with Crippen LogP contribution in [0.15, 0.2) is 52.9 Å². The summed E-state index contributed by atoms with van der Waals surface area (Å²) in [6.07, 6.45) is 1.51. The van der Waals surface area contributed by atoms with Crippen LogP contribution >= 0.6 is 11.8 Å². The topological polar surface area (TPSA) is 104 Å². The zero-order chi connectivity index (χ0) is 19.6. The van der Waals surface area contributed by atoms with E-state index in [1.54, 1.807) is 18.2 Å². The van der Waals surface area contributed by atoms with Crippen LogP contribution in [0.4, 0.5) is 4.39 Å². The lowest BCUT2D eigenvalue weighted by atomic mass is 10.2. The predicted octanol–water partition coefficient (Wildman–Crippen LogP) is 1.16. The fourth-order valence-corrected chi connectivity index (χ4v) is 2.77. The van der Waals surface area contributed by atoms with Crippen LogP contribution in [0.2, 0.25) is 0 Å². The molecule has 0 fully saturated rings. The second kappa shape index (κ2) is 10.3. The van der Waals surface area contributed by atoms with E-state index in [2.05, 4.69) is 27.2 Å². The molecular weight excluding hydrogens is 371 g/mol. The minimum absolute atomic E-state index is 0.0379. The van der Waals surface area contributed by atoms with Gasteiger partial charge in [0.15, 0.2) is 5.16 Å². The third kappa shape index (κ3) is 7.45. The van der Waals surface area contributed by atoms with Crippen molar-refractivity contribution in [3.63, 3.8) is 0 Å². The summed E-state index contributed by atoms with van der Waals surface area (Å²) in [7, 11) is 0. The number of amides is 2. The first-order chi connectivity index (χ1) is 13.0. The van der Waals surface area contributed by atoms with E-state index in [0.717, 1.165) is 17.3 Å². The van der Waals surface area contributed by atoms with Gasteiger partial charge < -0.3 is 15.6 Å². The highest BCUT2D eigenvalue weighted by molar-refractivity contribution is 7.99. The molecule has 0 radical (unpaired) electrons. The molecule has 0 saturated carbocycles. The van der Waals surface area contributed by atoms with E-state index in [0.29, 0.717) is 12.2 Å². The van der Waals surface area contributed by atoms with E-state index in [9.17, 15) is 18.8 Å². The van der Waals surface area contributed by atoms with Gasteiger partial charge >= 0.3 is 0 Å². The number of rotatable bonds is 9. The zero-order valence-electron chi connectivity index (χ0n) is 14.5. The maximum atomic E-state index is 12.8. The number of nitrogens with zero attached hydrogens (tertiary/aromatic N) is 1. The average Bonchev–Trinajstić information content (AvgIpc) is 2.64. The van der Waals surface area contributed by atoms with Crippen molar-refractivity contribution in [3.05, 3.63) is 70.4 Å². The largest absolute Gasteiger partial charge is 0.352 e. The van der Waals surface area contributed by atoms with Crippen LogP contribution in [0.5, 0.6) is 0 Å². The summed E-state index contributed by atoms with van der Waals surface area (Å²) < 4.78 is 12.8. The molecule has 0 aliphatic carbocycles. The monoisotopic (exact) mass is 390 g/mol. The normalized spacial score (nSPS) is 10.3. The Morgan fingerprint density at radius 3 is 2.67 bits per heavy atom. The second-order valence-corrected chi connectivity index (χ2v) is 6.47. The van der Waals surface area contributed by atoms with Crippen molar-refractivity contribution >= 4 is 23.6 Å². The van der Waals surface area contributed by atoms with E-state index < -0.39 is 5.56 Å². The Hall–Kier alpha value is -2.94. The maximum Gasteiger partial charge on any atom is 0.251 e. The molecule has 0 bridgehead atoms. The highest BCUT2D eigenvalue weighted by Gasteiger charge is 2.09. The number of aromatic nitrogens is 2. The van der Waals surface area contributed by atoms with E-state index in [4.69, 9.17) is 0 Å². The fourth-order valence-electron chi connectivity index (χ4n) is 2.04. The van der Waals surface area contributed by atoms with Gasteiger partial charge in [0.25, 0.3) is 5.56 Å². The maximum absolute atomic E-state index is 12.8. The Morgan fingerprint density at radius 1 is 1.22 bits per heavy atom. The van der Waals surface area contributed by atoms with Crippen LogP contribution in [-0.2, 0) is 22.6 Å². The van der Waals surface area contributed by atoms with Crippen molar-refractivity contribution in [2.75, 3.05) is 12.3 Å². The summed E-state index contributed by atoms with van der Waals surface area (Å²) in [6, 6.07) is 7.06. The number of hydrogen-bond acceptors (Lipinski definition) is 5. The smallest absolute Gasteiger partial charge is 0.251 e. The third-order valence-electron chi connectivity index (χ3n) is 3.30. The van der Waals surface area contributed by atoms with Crippen molar-refractivity contribution in [1.82, 2.24) is 20.6 Å². The first-order valence-electron chi connectivity index (χ1n) is 8.08. The molecule has 2 rings (SSSR count). The molecule has 2 amide bonds. The van der Waals surface area contributed by atoms with Gasteiger partial charge in [-0.15, -0.1) is 6.58 Å². The number of benzene rings is 1. The van der Waals surface area contributed by atoms with Crippen molar-refractivity contribution in [3.8, 4) is 0 Å². The summed E-state index contributed by atoms with van der Waals surface area (Å²) in [5, 5.41) is 5.56. The van der Waals surface area contributed by atoms with E-state index in [1.165, 1.54) is 18.2 Å². The van der Waals surface area contributed by atoms with Gasteiger partial charge in [0.2, 0.25) is 11.8 Å². The van der Waals surface area contributed by atoms with Gasteiger partial charge in [-0.25, -0.2) is 9.37 Å². The Labute approximate surface area is 159 Å². The first-order valence-corrected chi connectivity index (χ1v) is 9.06. The molecule has 2 aromatic rings. The minimum Gasteiger partial charge on any atom is -0.352 e. The lowest BCUT2D eigenvalue weighted by Crippen LogP contribution is -2.26. The number of thioether (sulfide) groups is 1. The van der Waals surface area contributed by atoms with Crippen LogP contribution in [0.25, 0.3) is 0 Å². The molecule has 142 valence electrons. The molecule has 0 aliphatic heterocycles. The van der Waals surface area contributed by atoms with Crippen molar-refractivity contribution < 1.29 is 14.0 Å². The summed E-state index contributed by atoms with van der Waals surface area (Å²) in [4.78, 5) is 42.0. The Balaban J connectivity index is 1.86. The number of carbonyl (C=O) groups is 2. The van der Waals surface area contributed by atoms with Crippen molar-refractivity contribution in [2.24, 2.45) is 0 Å². The van der Waals surface area contributed by atoms with E-state index in [-0.39, 0.29) is 41.5 Å². The Morgan fingerprint density at radius 2 is 1.96 bits per heavy atom. The summed E-state index contributed by atoms with van der Waals surface area (Å²) >= 11 is 1.05. The molecule has 1 heterocycles. The minimum atomic E-state index is -0.397. The predicted molar refractivity (Wildman–Crippen MR) is 101 cm³/mol. The number of aromatic amines is 1. The summed E-state index contributed by atoms with van der Waals surface area (Å²) in [6.45, 7) is 4.11. The lowest BCUT2D eigenvalue weighted by Gasteiger charge is -2.06. The van der Waals surface area contributed by atoms with Crippen molar-refractivity contribution in [1.29, 1.82) is 0 Å². The van der Waals surface area contributed by atoms with Gasteiger partial charge in [-0.1, -0.05) is 30.0 Å². The van der Waals surface area contributed by atoms with Gasteiger partial charge in [-0.2, -0.15) is 0 Å². The van der Waals surface area contributed by atoms with E-state index >= 15 is 0 Å². The van der Waals surface area contributed by atoms with Crippen LogP contribution in [0.1, 0.15) is 11.3 Å². The molecule has 0 atom stereocenters. The average molecular weight is 390 g/mol. The van der Waals surface area contributed by atoms with Crippen LogP contribution < -0.4 is 16.2 Å².